The number of unbranched alkanes of at least 4 members (excludes halogenated alkanes) is 1. The lowest BCUT2D eigenvalue weighted by Gasteiger charge is -2.14. The van der Waals surface area contributed by atoms with Gasteiger partial charge in [-0.2, -0.15) is 0 Å². The van der Waals surface area contributed by atoms with Crippen LogP contribution in [-0.4, -0.2) is 22.7 Å². The maximum Gasteiger partial charge on any atom is 0.245 e. The van der Waals surface area contributed by atoms with Gasteiger partial charge in [0.05, 0.1) is 0 Å². The van der Waals surface area contributed by atoms with Gasteiger partial charge in [-0.05, 0) is 24.8 Å². The van der Waals surface area contributed by atoms with Crippen molar-refractivity contribution in [3.8, 4) is 0 Å². The third-order valence-electron chi connectivity index (χ3n) is 2.71. The molecule has 1 aromatic rings. The van der Waals surface area contributed by atoms with Crippen molar-refractivity contribution in [2.24, 2.45) is 0 Å². The van der Waals surface area contributed by atoms with Gasteiger partial charge in [-0.15, -0.1) is 0 Å². The third-order valence-corrected chi connectivity index (χ3v) is 2.71. The Morgan fingerprint density at radius 2 is 1.94 bits per heavy atom. The van der Waals surface area contributed by atoms with Crippen molar-refractivity contribution >= 4 is 5.91 Å². The zero-order valence-electron chi connectivity index (χ0n) is 10.4. The smallest absolute Gasteiger partial charge is 0.245 e. The van der Waals surface area contributed by atoms with Crippen LogP contribution in [0.25, 0.3) is 0 Å². The Balaban J connectivity index is 2.20. The summed E-state index contributed by atoms with van der Waals surface area (Å²) in [5, 5.41) is 10.3. The fraction of sp³-hybridized carbons (Fsp3) is 0.500. The second kappa shape index (κ2) is 7.85. The van der Waals surface area contributed by atoms with E-state index in [-0.39, 0.29) is 5.91 Å². The third kappa shape index (κ3) is 5.50. The Labute approximate surface area is 103 Å². The van der Waals surface area contributed by atoms with Gasteiger partial charge in [0, 0.05) is 13.0 Å². The van der Waals surface area contributed by atoms with Gasteiger partial charge < -0.3 is 0 Å². The summed E-state index contributed by atoms with van der Waals surface area (Å²) in [6, 6.07) is 10.1. The van der Waals surface area contributed by atoms with Gasteiger partial charge >= 0.3 is 0 Å². The normalized spacial score (nSPS) is 10.2. The van der Waals surface area contributed by atoms with Crippen LogP contribution in [0.5, 0.6) is 0 Å². The first kappa shape index (κ1) is 13.7. The molecule has 0 fully saturated rings. The maximum absolute atomic E-state index is 11.5. The average molecular weight is 235 g/mol. The zero-order valence-corrected chi connectivity index (χ0v) is 10.4. The summed E-state index contributed by atoms with van der Waals surface area (Å²) >= 11 is 0. The molecule has 1 aromatic carbocycles. The van der Waals surface area contributed by atoms with Crippen LogP contribution in [0.15, 0.2) is 30.3 Å². The van der Waals surface area contributed by atoms with Crippen molar-refractivity contribution in [1.29, 1.82) is 0 Å². The predicted molar refractivity (Wildman–Crippen MR) is 67.8 cm³/mol. The van der Waals surface area contributed by atoms with E-state index in [1.54, 1.807) is 0 Å². The van der Waals surface area contributed by atoms with Crippen LogP contribution in [0.4, 0.5) is 0 Å². The van der Waals surface area contributed by atoms with E-state index in [1.165, 1.54) is 5.56 Å². The van der Waals surface area contributed by atoms with E-state index in [9.17, 15) is 10.0 Å². The molecular formula is C14H21NO2. The first-order valence-corrected chi connectivity index (χ1v) is 6.27. The Morgan fingerprint density at radius 3 is 2.59 bits per heavy atom. The summed E-state index contributed by atoms with van der Waals surface area (Å²) < 4.78 is 0. The van der Waals surface area contributed by atoms with E-state index in [1.807, 2.05) is 25.1 Å². The minimum Gasteiger partial charge on any atom is -0.286 e. The number of hydroxylamine groups is 2. The molecule has 1 rings (SSSR count). The van der Waals surface area contributed by atoms with E-state index in [4.69, 9.17) is 0 Å². The van der Waals surface area contributed by atoms with Gasteiger partial charge in [-0.3, -0.25) is 10.0 Å². The highest BCUT2D eigenvalue weighted by Crippen LogP contribution is 2.06. The topological polar surface area (TPSA) is 40.5 Å². The lowest BCUT2D eigenvalue weighted by molar-refractivity contribution is -0.165. The van der Waals surface area contributed by atoms with Gasteiger partial charge in [-0.25, -0.2) is 5.06 Å². The monoisotopic (exact) mass is 235 g/mol. The highest BCUT2D eigenvalue weighted by molar-refractivity contribution is 5.74. The van der Waals surface area contributed by atoms with E-state index in [0.29, 0.717) is 13.0 Å². The van der Waals surface area contributed by atoms with Crippen molar-refractivity contribution in [2.75, 3.05) is 6.54 Å². The zero-order chi connectivity index (χ0) is 12.5. The first-order valence-electron chi connectivity index (χ1n) is 6.27. The number of amides is 1. The van der Waals surface area contributed by atoms with E-state index < -0.39 is 0 Å². The minimum atomic E-state index is -0.172. The molecule has 17 heavy (non-hydrogen) atoms. The molecule has 0 aliphatic heterocycles. The molecule has 1 N–H and O–H groups in total. The minimum absolute atomic E-state index is 0.172. The molecule has 0 aliphatic rings. The van der Waals surface area contributed by atoms with Crippen LogP contribution in [0.3, 0.4) is 0 Å². The van der Waals surface area contributed by atoms with Crippen LogP contribution in [-0.2, 0) is 11.2 Å². The number of benzene rings is 1. The first-order chi connectivity index (χ1) is 8.24. The van der Waals surface area contributed by atoms with Crippen molar-refractivity contribution in [3.05, 3.63) is 35.9 Å². The number of carbonyl (C=O) groups excluding carboxylic acids is 1. The number of rotatable bonds is 7. The highest BCUT2D eigenvalue weighted by Gasteiger charge is 2.09. The molecule has 0 aromatic heterocycles. The number of carbonyl (C=O) groups is 1. The fourth-order valence-electron chi connectivity index (χ4n) is 1.65. The van der Waals surface area contributed by atoms with Crippen LogP contribution in [0.2, 0.25) is 0 Å². The van der Waals surface area contributed by atoms with Crippen LogP contribution < -0.4 is 0 Å². The standard InChI is InChI=1S/C14H21NO2/c1-2-3-12-15(17)14(16)11-7-10-13-8-5-4-6-9-13/h4-6,8-9,17H,2-3,7,10-12H2,1H3. The predicted octanol–water partition coefficient (Wildman–Crippen LogP) is 3.03. The Kier molecular flexibility index (Phi) is 6.33. The Bertz CT molecular complexity index is 324. The summed E-state index contributed by atoms with van der Waals surface area (Å²) in [5.41, 5.74) is 1.23. The summed E-state index contributed by atoms with van der Waals surface area (Å²) in [6.07, 6.45) is 3.91. The van der Waals surface area contributed by atoms with E-state index >= 15 is 0 Å². The fourth-order valence-corrected chi connectivity index (χ4v) is 1.65. The molecule has 0 saturated heterocycles. The molecule has 0 spiro atoms. The molecule has 0 bridgehead atoms. The Hall–Kier alpha value is -1.35. The molecule has 3 heteroatoms. The molecule has 0 heterocycles. The second-order valence-corrected chi connectivity index (χ2v) is 4.21. The van der Waals surface area contributed by atoms with Crippen LogP contribution >= 0.6 is 0 Å². The SMILES string of the molecule is CCCCN(O)C(=O)CCCc1ccccc1. The molecule has 1 amide bonds. The number of aryl methyl sites for hydroxylation is 1. The lowest BCUT2D eigenvalue weighted by atomic mass is 10.1. The molecule has 0 aliphatic carbocycles. The molecule has 3 nitrogen and oxygen atoms in total. The molecule has 0 unspecified atom stereocenters. The lowest BCUT2D eigenvalue weighted by Crippen LogP contribution is -2.28. The highest BCUT2D eigenvalue weighted by atomic mass is 16.5. The van der Waals surface area contributed by atoms with Crippen molar-refractivity contribution in [3.63, 3.8) is 0 Å². The molecule has 0 atom stereocenters. The summed E-state index contributed by atoms with van der Waals surface area (Å²) in [6.45, 7) is 2.48. The van der Waals surface area contributed by atoms with Gasteiger partial charge in [0.2, 0.25) is 5.91 Å². The van der Waals surface area contributed by atoms with Gasteiger partial charge in [-0.1, -0.05) is 43.7 Å². The maximum atomic E-state index is 11.5. The van der Waals surface area contributed by atoms with Gasteiger partial charge in [0.1, 0.15) is 0 Å². The molecule has 0 radical (unpaired) electrons. The van der Waals surface area contributed by atoms with Gasteiger partial charge in [0.25, 0.3) is 0 Å². The molecule has 94 valence electrons. The van der Waals surface area contributed by atoms with Crippen molar-refractivity contribution in [1.82, 2.24) is 5.06 Å². The Morgan fingerprint density at radius 1 is 1.24 bits per heavy atom. The number of hydrogen-bond donors (Lipinski definition) is 1. The molecular weight excluding hydrogens is 214 g/mol. The van der Waals surface area contributed by atoms with Crippen molar-refractivity contribution < 1.29 is 10.0 Å². The van der Waals surface area contributed by atoms with Crippen molar-refractivity contribution in [2.45, 2.75) is 39.0 Å². The van der Waals surface area contributed by atoms with E-state index in [0.717, 1.165) is 30.7 Å². The van der Waals surface area contributed by atoms with Crippen LogP contribution in [0, 0.1) is 0 Å². The van der Waals surface area contributed by atoms with Crippen LogP contribution in [0.1, 0.15) is 38.2 Å². The van der Waals surface area contributed by atoms with Gasteiger partial charge in [0.15, 0.2) is 0 Å². The van der Waals surface area contributed by atoms with E-state index in [2.05, 4.69) is 12.1 Å². The quantitative estimate of drug-likeness (QED) is 0.583. The number of nitrogens with zero attached hydrogens (tertiary/aromatic N) is 1. The molecule has 0 saturated carbocycles. The number of hydrogen-bond acceptors (Lipinski definition) is 2. The second-order valence-electron chi connectivity index (χ2n) is 4.21. The largest absolute Gasteiger partial charge is 0.286 e. The summed E-state index contributed by atoms with van der Waals surface area (Å²) in [4.78, 5) is 11.5. The summed E-state index contributed by atoms with van der Waals surface area (Å²) in [5.74, 6) is -0.172. The average Bonchev–Trinajstić information content (AvgIpc) is 2.37. The summed E-state index contributed by atoms with van der Waals surface area (Å²) in [7, 11) is 0.